The van der Waals surface area contributed by atoms with Gasteiger partial charge in [0.05, 0.1) is 5.28 Å². The van der Waals surface area contributed by atoms with Gasteiger partial charge in [0.15, 0.2) is 0 Å². The van der Waals surface area contributed by atoms with Crippen molar-refractivity contribution in [2.75, 3.05) is 7.05 Å². The van der Waals surface area contributed by atoms with Gasteiger partial charge in [0.25, 0.3) is 0 Å². The topological polar surface area (TPSA) is 32.9 Å². The van der Waals surface area contributed by atoms with Crippen LogP contribution in [0.3, 0.4) is 0 Å². The molecule has 4 atom stereocenters. The fraction of sp³-hybridized carbons (Fsp3) is 0.500. The van der Waals surface area contributed by atoms with Crippen LogP contribution in [0.2, 0.25) is 0 Å². The van der Waals surface area contributed by atoms with E-state index in [0.29, 0.717) is 0 Å². The predicted molar refractivity (Wildman–Crippen MR) is 131 cm³/mol. The SMILES string of the molecule is CCCCCCC1(C)c2ccccc2-c2cc3c(cc21)C1=NN(C)[N-]N1[C@@]1(C)PC31C. The highest BCUT2D eigenvalue weighted by molar-refractivity contribution is 7.51. The molecule has 0 saturated carbocycles. The van der Waals surface area contributed by atoms with E-state index in [1.54, 1.807) is 5.12 Å². The van der Waals surface area contributed by atoms with E-state index in [0.717, 1.165) is 14.4 Å². The second-order valence-electron chi connectivity index (χ2n) is 10.3. The minimum Gasteiger partial charge on any atom is -0.454 e. The molecule has 2 aromatic carbocycles. The van der Waals surface area contributed by atoms with Gasteiger partial charge in [-0.3, -0.25) is 0 Å². The molecule has 3 heterocycles. The van der Waals surface area contributed by atoms with E-state index >= 15 is 0 Å². The average molecular weight is 432 g/mol. The van der Waals surface area contributed by atoms with Gasteiger partial charge in [-0.2, -0.15) is 5.10 Å². The quantitative estimate of drug-likeness (QED) is 0.390. The Kier molecular flexibility index (Phi) is 4.03. The lowest BCUT2D eigenvalue weighted by Gasteiger charge is -2.46. The van der Waals surface area contributed by atoms with Gasteiger partial charge in [-0.1, -0.05) is 72.4 Å². The summed E-state index contributed by atoms with van der Waals surface area (Å²) in [6.07, 6.45) is 6.40. The fourth-order valence-corrected chi connectivity index (χ4v) is 8.04. The number of hydrogen-bond acceptors (Lipinski definition) is 3. The normalized spacial score (nSPS) is 32.4. The lowest BCUT2D eigenvalue weighted by Crippen LogP contribution is -2.44. The molecule has 4 nitrogen and oxygen atoms in total. The highest BCUT2D eigenvalue weighted by atomic mass is 31.1. The van der Waals surface area contributed by atoms with E-state index in [4.69, 9.17) is 10.6 Å². The fourth-order valence-electron chi connectivity index (χ4n) is 6.29. The van der Waals surface area contributed by atoms with E-state index < -0.39 is 0 Å². The summed E-state index contributed by atoms with van der Waals surface area (Å²) in [5.74, 6) is 1.04. The zero-order valence-electron chi connectivity index (χ0n) is 19.3. The lowest BCUT2D eigenvalue weighted by molar-refractivity contribution is 0.291. The van der Waals surface area contributed by atoms with Crippen molar-refractivity contribution < 1.29 is 0 Å². The molecule has 2 aromatic rings. The summed E-state index contributed by atoms with van der Waals surface area (Å²) in [4.78, 5) is 0. The average Bonchev–Trinajstić information content (AvgIpc) is 3.05. The molecule has 3 aliphatic heterocycles. The Morgan fingerprint density at radius 2 is 1.71 bits per heavy atom. The maximum Gasteiger partial charge on any atom is 0.139 e. The van der Waals surface area contributed by atoms with Gasteiger partial charge in [-0.15, -0.1) is 0 Å². The molecule has 162 valence electrons. The van der Waals surface area contributed by atoms with E-state index in [1.807, 2.05) is 7.05 Å². The third kappa shape index (κ3) is 2.41. The molecule has 1 aliphatic carbocycles. The number of unbranched alkanes of at least 4 members (excludes halogenated alkanes) is 3. The zero-order valence-corrected chi connectivity index (χ0v) is 20.3. The van der Waals surface area contributed by atoms with Gasteiger partial charge < -0.3 is 15.7 Å². The van der Waals surface area contributed by atoms with E-state index in [1.165, 1.54) is 65.5 Å². The first-order valence-corrected chi connectivity index (χ1v) is 12.8. The van der Waals surface area contributed by atoms with Crippen molar-refractivity contribution >= 4 is 14.4 Å². The van der Waals surface area contributed by atoms with Crippen LogP contribution in [0, 0.1) is 0 Å². The summed E-state index contributed by atoms with van der Waals surface area (Å²) in [7, 11) is 2.77. The molecule has 1 saturated heterocycles. The van der Waals surface area contributed by atoms with Crippen molar-refractivity contribution in [1.29, 1.82) is 0 Å². The molecule has 0 amide bonds. The number of amidine groups is 1. The highest BCUT2D eigenvalue weighted by Gasteiger charge is 2.68. The lowest BCUT2D eigenvalue weighted by atomic mass is 9.74. The third-order valence-electron chi connectivity index (χ3n) is 8.36. The van der Waals surface area contributed by atoms with Crippen LogP contribution in [0.5, 0.6) is 0 Å². The van der Waals surface area contributed by atoms with Crippen LogP contribution < -0.4 is 0 Å². The number of hydrazone groups is 1. The molecule has 1 fully saturated rings. The van der Waals surface area contributed by atoms with Gasteiger partial charge in [-0.25, -0.2) is 0 Å². The van der Waals surface area contributed by atoms with E-state index in [-0.39, 0.29) is 15.9 Å². The number of benzene rings is 2. The van der Waals surface area contributed by atoms with Gasteiger partial charge >= 0.3 is 0 Å². The molecule has 0 N–H and O–H groups in total. The first-order chi connectivity index (χ1) is 14.8. The molecule has 3 unspecified atom stereocenters. The molecular weight excluding hydrogens is 399 g/mol. The first kappa shape index (κ1) is 19.8. The van der Waals surface area contributed by atoms with Crippen molar-refractivity contribution in [2.45, 2.75) is 75.7 Å². The second kappa shape index (κ2) is 6.33. The van der Waals surface area contributed by atoms with Crippen molar-refractivity contribution in [1.82, 2.24) is 10.1 Å². The monoisotopic (exact) mass is 431 g/mol. The van der Waals surface area contributed by atoms with Gasteiger partial charge in [0.1, 0.15) is 5.84 Å². The Labute approximate surface area is 187 Å². The molecular formula is C26H32N4P-. The zero-order chi connectivity index (χ0) is 21.6. The standard InChI is InChI=1S/C26H32N4P/c1-6-7-8-11-14-24(2)20-13-10-9-12-17(20)18-15-22-19(16-21(18)24)23-27-29(5)28-30(23)26(4)25(22,3)31-26/h9-10,12-13,15-16,31H,6-8,11,14H2,1-5H3/q-1/t24?,25?,26-/m0/s1. The number of nitrogens with zero attached hydrogens (tertiary/aromatic N) is 4. The van der Waals surface area contributed by atoms with Gasteiger partial charge in [0.2, 0.25) is 0 Å². The Morgan fingerprint density at radius 3 is 2.52 bits per heavy atom. The van der Waals surface area contributed by atoms with Crippen LogP contribution in [0.4, 0.5) is 0 Å². The van der Waals surface area contributed by atoms with Crippen LogP contribution in [0.15, 0.2) is 41.5 Å². The molecule has 0 spiro atoms. The Morgan fingerprint density at radius 1 is 0.935 bits per heavy atom. The summed E-state index contributed by atoms with van der Waals surface area (Å²) in [5, 5.41) is 8.99. The molecule has 5 heteroatoms. The molecule has 0 bridgehead atoms. The van der Waals surface area contributed by atoms with Crippen molar-refractivity contribution in [3.05, 3.63) is 64.2 Å². The summed E-state index contributed by atoms with van der Waals surface area (Å²) < 4.78 is 0. The van der Waals surface area contributed by atoms with Crippen LogP contribution >= 0.6 is 8.58 Å². The Bertz CT molecular complexity index is 1130. The van der Waals surface area contributed by atoms with Crippen molar-refractivity contribution in [3.63, 3.8) is 0 Å². The summed E-state index contributed by atoms with van der Waals surface area (Å²) >= 11 is 0. The molecule has 6 rings (SSSR count). The molecule has 31 heavy (non-hydrogen) atoms. The number of hydrogen-bond donors (Lipinski definition) is 0. The number of fused-ring (bicyclic) bond motifs is 9. The van der Waals surface area contributed by atoms with Crippen LogP contribution in [-0.2, 0) is 10.6 Å². The summed E-state index contributed by atoms with van der Waals surface area (Å²) in [6, 6.07) is 14.1. The highest BCUT2D eigenvalue weighted by Crippen LogP contribution is 2.80. The minimum absolute atomic E-state index is 0.0550. The van der Waals surface area contributed by atoms with Gasteiger partial charge in [-0.05, 0) is 60.2 Å². The maximum atomic E-state index is 4.83. The van der Waals surface area contributed by atoms with Crippen molar-refractivity contribution in [3.8, 4) is 11.1 Å². The number of rotatable bonds is 5. The largest absolute Gasteiger partial charge is 0.454 e. The van der Waals surface area contributed by atoms with Crippen molar-refractivity contribution in [2.24, 2.45) is 5.10 Å². The smallest absolute Gasteiger partial charge is 0.139 e. The molecule has 0 aromatic heterocycles. The Balaban J connectivity index is 1.53. The Hall–Kier alpha value is -1.90. The third-order valence-corrected chi connectivity index (χ3v) is 10.6. The maximum absolute atomic E-state index is 4.83. The van der Waals surface area contributed by atoms with E-state index in [9.17, 15) is 0 Å². The summed E-state index contributed by atoms with van der Waals surface area (Å²) in [6.45, 7) is 9.53. The van der Waals surface area contributed by atoms with Crippen LogP contribution in [-0.4, -0.2) is 28.3 Å². The molecule has 0 radical (unpaired) electrons. The first-order valence-electron chi connectivity index (χ1n) is 11.8. The molecule has 4 aliphatic rings. The summed E-state index contributed by atoms with van der Waals surface area (Å²) in [5.41, 5.74) is 13.5. The van der Waals surface area contributed by atoms with Crippen LogP contribution in [0.1, 0.15) is 82.1 Å². The minimum atomic E-state index is 0.0550. The van der Waals surface area contributed by atoms with Crippen LogP contribution in [0.25, 0.3) is 16.7 Å². The second-order valence-corrected chi connectivity index (χ2v) is 12.5. The van der Waals surface area contributed by atoms with E-state index in [2.05, 4.69) is 69.1 Å². The van der Waals surface area contributed by atoms with Gasteiger partial charge in [0, 0.05) is 23.2 Å². The predicted octanol–water partition coefficient (Wildman–Crippen LogP) is 6.69.